The number of nitrogens with zero attached hydrogens (tertiary/aromatic N) is 3. The van der Waals surface area contributed by atoms with Gasteiger partial charge < -0.3 is 19.6 Å². The fourth-order valence-electron chi connectivity index (χ4n) is 3.36. The Labute approximate surface area is 166 Å². The third-order valence-corrected chi connectivity index (χ3v) is 5.03. The molecule has 1 aliphatic rings. The van der Waals surface area contributed by atoms with E-state index in [0.717, 1.165) is 43.2 Å². The topological polar surface area (TPSA) is 56.2 Å². The summed E-state index contributed by atoms with van der Waals surface area (Å²) in [6.07, 6.45) is 0. The highest BCUT2D eigenvalue weighted by molar-refractivity contribution is 5.78. The Morgan fingerprint density at radius 2 is 1.68 bits per heavy atom. The summed E-state index contributed by atoms with van der Waals surface area (Å²) < 4.78 is 5.46. The first-order chi connectivity index (χ1) is 13.5. The number of ether oxygens (including phenoxy) is 1. The van der Waals surface area contributed by atoms with Crippen LogP contribution in [0.25, 0.3) is 0 Å². The molecule has 0 atom stereocenters. The van der Waals surface area contributed by atoms with Crippen LogP contribution in [0.2, 0.25) is 0 Å². The maximum Gasteiger partial charge on any atom is 0.236 e. The number of aromatic hydroxyl groups is 1. The molecule has 0 aliphatic carbocycles. The number of carbonyl (C=O) groups excluding carboxylic acids is 1. The van der Waals surface area contributed by atoms with Crippen LogP contribution >= 0.6 is 0 Å². The van der Waals surface area contributed by atoms with Crippen LogP contribution in [0.15, 0.2) is 48.5 Å². The molecule has 6 heteroatoms. The van der Waals surface area contributed by atoms with Crippen LogP contribution in [0.5, 0.6) is 11.5 Å². The molecular formula is C22H29N3O3. The van der Waals surface area contributed by atoms with E-state index < -0.39 is 0 Å². The first-order valence-corrected chi connectivity index (χ1v) is 9.77. The van der Waals surface area contributed by atoms with Crippen LogP contribution in [0, 0.1) is 0 Å². The van der Waals surface area contributed by atoms with Crippen LogP contribution < -0.4 is 9.64 Å². The molecule has 150 valence electrons. The molecule has 3 rings (SSSR count). The van der Waals surface area contributed by atoms with Gasteiger partial charge in [0, 0.05) is 45.5 Å². The standard InChI is InChI=1S/C22H29N3O3/c1-3-28-21-10-4-18(5-11-21)16-23(2)22(27)17-24-12-14-25(15-13-24)19-6-8-20(26)9-7-19/h4-11,26H,3,12-17H2,1-2H3. The summed E-state index contributed by atoms with van der Waals surface area (Å²) >= 11 is 0. The molecule has 0 unspecified atom stereocenters. The normalized spacial score (nSPS) is 14.7. The third-order valence-electron chi connectivity index (χ3n) is 5.03. The number of amides is 1. The van der Waals surface area contributed by atoms with E-state index in [4.69, 9.17) is 4.74 Å². The van der Waals surface area contributed by atoms with E-state index in [1.165, 1.54) is 0 Å². The van der Waals surface area contributed by atoms with Crippen LogP contribution in [0.1, 0.15) is 12.5 Å². The number of anilines is 1. The van der Waals surface area contributed by atoms with Crippen molar-refractivity contribution in [3.05, 3.63) is 54.1 Å². The van der Waals surface area contributed by atoms with Crippen molar-refractivity contribution < 1.29 is 14.6 Å². The molecule has 1 saturated heterocycles. The van der Waals surface area contributed by atoms with E-state index in [9.17, 15) is 9.90 Å². The lowest BCUT2D eigenvalue weighted by Crippen LogP contribution is -2.49. The number of likely N-dealkylation sites (N-methyl/N-ethyl adjacent to an activating group) is 1. The lowest BCUT2D eigenvalue weighted by molar-refractivity contribution is -0.131. The number of carbonyl (C=O) groups is 1. The second-order valence-electron chi connectivity index (χ2n) is 7.11. The van der Waals surface area contributed by atoms with Crippen LogP contribution in [-0.2, 0) is 11.3 Å². The number of hydrogen-bond acceptors (Lipinski definition) is 5. The van der Waals surface area contributed by atoms with Gasteiger partial charge in [0.05, 0.1) is 13.2 Å². The Balaban J connectivity index is 1.45. The second kappa shape index (κ2) is 9.46. The first kappa shape index (κ1) is 20.0. The molecule has 2 aromatic rings. The van der Waals surface area contributed by atoms with Crippen molar-refractivity contribution in [2.24, 2.45) is 0 Å². The van der Waals surface area contributed by atoms with E-state index >= 15 is 0 Å². The molecule has 6 nitrogen and oxygen atoms in total. The Morgan fingerprint density at radius 3 is 2.29 bits per heavy atom. The van der Waals surface area contributed by atoms with E-state index in [1.807, 2.05) is 50.4 Å². The lowest BCUT2D eigenvalue weighted by Gasteiger charge is -2.36. The quantitative estimate of drug-likeness (QED) is 0.796. The molecule has 0 saturated carbocycles. The van der Waals surface area contributed by atoms with Gasteiger partial charge in [-0.2, -0.15) is 0 Å². The molecule has 1 amide bonds. The molecule has 0 spiro atoms. The van der Waals surface area contributed by atoms with Gasteiger partial charge in [0.15, 0.2) is 0 Å². The SMILES string of the molecule is CCOc1ccc(CN(C)C(=O)CN2CCN(c3ccc(O)cc3)CC2)cc1. The molecule has 1 fully saturated rings. The van der Waals surface area contributed by atoms with E-state index in [-0.39, 0.29) is 11.7 Å². The van der Waals surface area contributed by atoms with Gasteiger partial charge in [-0.05, 0) is 48.9 Å². The number of rotatable bonds is 7. The Kier molecular flexibility index (Phi) is 6.76. The molecule has 0 bridgehead atoms. The van der Waals surface area contributed by atoms with Crippen molar-refractivity contribution in [3.63, 3.8) is 0 Å². The van der Waals surface area contributed by atoms with Crippen LogP contribution in [0.3, 0.4) is 0 Å². The summed E-state index contributed by atoms with van der Waals surface area (Å²) in [4.78, 5) is 18.9. The fraction of sp³-hybridized carbons (Fsp3) is 0.409. The van der Waals surface area contributed by atoms with E-state index in [2.05, 4.69) is 9.80 Å². The summed E-state index contributed by atoms with van der Waals surface area (Å²) in [7, 11) is 1.85. The van der Waals surface area contributed by atoms with Gasteiger partial charge in [-0.15, -0.1) is 0 Å². The van der Waals surface area contributed by atoms with E-state index in [1.54, 1.807) is 17.0 Å². The monoisotopic (exact) mass is 383 g/mol. The number of phenolic OH excluding ortho intramolecular Hbond substituents is 1. The van der Waals surface area contributed by atoms with Gasteiger partial charge in [0.1, 0.15) is 11.5 Å². The minimum absolute atomic E-state index is 0.131. The van der Waals surface area contributed by atoms with Gasteiger partial charge in [0.25, 0.3) is 0 Å². The summed E-state index contributed by atoms with van der Waals surface area (Å²) in [5.41, 5.74) is 2.20. The zero-order valence-corrected chi connectivity index (χ0v) is 16.7. The lowest BCUT2D eigenvalue weighted by atomic mass is 10.2. The molecular weight excluding hydrogens is 354 g/mol. The Morgan fingerprint density at radius 1 is 1.04 bits per heavy atom. The summed E-state index contributed by atoms with van der Waals surface area (Å²) in [5.74, 6) is 1.27. The fourth-order valence-corrected chi connectivity index (χ4v) is 3.36. The number of piperazine rings is 1. The van der Waals surface area contributed by atoms with Gasteiger partial charge in [0.2, 0.25) is 5.91 Å². The maximum atomic E-state index is 12.6. The third kappa shape index (κ3) is 5.39. The van der Waals surface area contributed by atoms with Crippen molar-refractivity contribution in [2.45, 2.75) is 13.5 Å². The molecule has 0 aromatic heterocycles. The second-order valence-corrected chi connectivity index (χ2v) is 7.11. The molecule has 28 heavy (non-hydrogen) atoms. The predicted octanol–water partition coefficient (Wildman–Crippen LogP) is 2.57. The summed E-state index contributed by atoms with van der Waals surface area (Å²) in [6.45, 7) is 7.10. The average molecular weight is 383 g/mol. The average Bonchev–Trinajstić information content (AvgIpc) is 2.71. The van der Waals surface area contributed by atoms with Crippen LogP contribution in [0.4, 0.5) is 5.69 Å². The van der Waals surface area contributed by atoms with Gasteiger partial charge in [-0.1, -0.05) is 12.1 Å². The van der Waals surface area contributed by atoms with Crippen molar-refractivity contribution in [1.82, 2.24) is 9.80 Å². The number of benzene rings is 2. The minimum atomic E-state index is 0.131. The predicted molar refractivity (Wildman–Crippen MR) is 111 cm³/mol. The molecule has 2 aromatic carbocycles. The zero-order valence-electron chi connectivity index (χ0n) is 16.7. The van der Waals surface area contributed by atoms with E-state index in [0.29, 0.717) is 19.7 Å². The summed E-state index contributed by atoms with van der Waals surface area (Å²) in [5, 5.41) is 9.42. The maximum absolute atomic E-state index is 12.6. The largest absolute Gasteiger partial charge is 0.508 e. The van der Waals surface area contributed by atoms with Crippen molar-refractivity contribution in [2.75, 3.05) is 51.3 Å². The zero-order chi connectivity index (χ0) is 19.9. The van der Waals surface area contributed by atoms with Gasteiger partial charge in [-0.3, -0.25) is 9.69 Å². The minimum Gasteiger partial charge on any atom is -0.508 e. The first-order valence-electron chi connectivity index (χ1n) is 9.77. The van der Waals surface area contributed by atoms with Crippen molar-refractivity contribution in [3.8, 4) is 11.5 Å². The summed E-state index contributed by atoms with van der Waals surface area (Å²) in [6, 6.07) is 15.2. The highest BCUT2D eigenvalue weighted by atomic mass is 16.5. The molecule has 1 heterocycles. The molecule has 0 radical (unpaired) electrons. The number of phenols is 1. The van der Waals surface area contributed by atoms with Gasteiger partial charge in [-0.25, -0.2) is 0 Å². The number of hydrogen-bond donors (Lipinski definition) is 1. The van der Waals surface area contributed by atoms with Crippen molar-refractivity contribution >= 4 is 11.6 Å². The molecule has 1 N–H and O–H groups in total. The molecule has 1 aliphatic heterocycles. The Bertz CT molecular complexity index is 754. The smallest absolute Gasteiger partial charge is 0.236 e. The van der Waals surface area contributed by atoms with Crippen molar-refractivity contribution in [1.29, 1.82) is 0 Å². The van der Waals surface area contributed by atoms with Crippen LogP contribution in [-0.4, -0.2) is 67.2 Å². The highest BCUT2D eigenvalue weighted by Crippen LogP contribution is 2.20. The van der Waals surface area contributed by atoms with Gasteiger partial charge >= 0.3 is 0 Å². The highest BCUT2D eigenvalue weighted by Gasteiger charge is 2.20. The Hall–Kier alpha value is -2.73.